The van der Waals surface area contributed by atoms with Crippen molar-refractivity contribution in [3.63, 3.8) is 0 Å². The van der Waals surface area contributed by atoms with Crippen molar-refractivity contribution in [2.45, 2.75) is 52.4 Å². The predicted molar refractivity (Wildman–Crippen MR) is 105 cm³/mol. The van der Waals surface area contributed by atoms with Gasteiger partial charge in [-0.15, -0.1) is 0 Å². The molecular weight excluding hydrogens is 290 g/mol. The number of para-hydroxylation sites is 1. The second-order valence-electron chi connectivity index (χ2n) is 8.43. The summed E-state index contributed by atoms with van der Waals surface area (Å²) >= 11 is 0. The minimum Gasteiger partial charge on any atom is -0.371 e. The zero-order valence-electron chi connectivity index (χ0n) is 15.7. The Morgan fingerprint density at radius 2 is 1.71 bits per heavy atom. The van der Waals surface area contributed by atoms with Crippen LogP contribution in [0.4, 0.5) is 5.69 Å². The highest BCUT2D eigenvalue weighted by Gasteiger charge is 2.18. The van der Waals surface area contributed by atoms with Gasteiger partial charge in [0.25, 0.3) is 0 Å². The van der Waals surface area contributed by atoms with Crippen LogP contribution in [0.2, 0.25) is 0 Å². The molecule has 2 aromatic rings. The largest absolute Gasteiger partial charge is 0.371 e. The molecule has 128 valence electrons. The predicted octanol–water partition coefficient (Wildman–Crippen LogP) is 5.62. The van der Waals surface area contributed by atoms with Crippen molar-refractivity contribution in [2.24, 2.45) is 5.92 Å². The number of benzene rings is 2. The first-order valence-corrected chi connectivity index (χ1v) is 9.36. The molecule has 24 heavy (non-hydrogen) atoms. The Kier molecular flexibility index (Phi) is 4.99. The van der Waals surface area contributed by atoms with Crippen molar-refractivity contribution in [3.8, 4) is 0 Å². The Morgan fingerprint density at radius 3 is 2.42 bits per heavy atom. The molecule has 0 fully saturated rings. The van der Waals surface area contributed by atoms with Gasteiger partial charge in [0.1, 0.15) is 0 Å². The van der Waals surface area contributed by atoms with Gasteiger partial charge in [0.05, 0.1) is 0 Å². The van der Waals surface area contributed by atoms with Crippen molar-refractivity contribution >= 4 is 5.69 Å². The maximum absolute atomic E-state index is 2.59. The number of aryl methyl sites for hydroxylation is 1. The molecule has 1 nitrogen and oxygen atoms in total. The van der Waals surface area contributed by atoms with Gasteiger partial charge in [-0.2, -0.15) is 0 Å². The first-order chi connectivity index (χ1) is 11.4. The Hall–Kier alpha value is -1.76. The maximum atomic E-state index is 2.59. The van der Waals surface area contributed by atoms with Gasteiger partial charge in [-0.05, 0) is 53.4 Å². The first kappa shape index (κ1) is 17.1. The van der Waals surface area contributed by atoms with E-state index in [0.717, 1.165) is 13.0 Å². The summed E-state index contributed by atoms with van der Waals surface area (Å²) in [4.78, 5) is 2.59. The topological polar surface area (TPSA) is 3.24 Å². The van der Waals surface area contributed by atoms with Crippen LogP contribution in [0, 0.1) is 5.92 Å². The lowest BCUT2D eigenvalue weighted by Crippen LogP contribution is -2.33. The van der Waals surface area contributed by atoms with E-state index in [4.69, 9.17) is 0 Å². The summed E-state index contributed by atoms with van der Waals surface area (Å²) in [7, 11) is 0. The van der Waals surface area contributed by atoms with E-state index >= 15 is 0 Å². The summed E-state index contributed by atoms with van der Waals surface area (Å²) in [6.45, 7) is 11.6. The zero-order valence-corrected chi connectivity index (χ0v) is 15.7. The lowest BCUT2D eigenvalue weighted by atomic mass is 9.86. The number of anilines is 1. The molecule has 1 aliphatic heterocycles. The molecule has 1 heteroatoms. The first-order valence-electron chi connectivity index (χ1n) is 9.36. The third kappa shape index (κ3) is 4.01. The van der Waals surface area contributed by atoms with Crippen molar-refractivity contribution in [3.05, 3.63) is 65.2 Å². The molecule has 0 radical (unpaired) electrons. The highest BCUT2D eigenvalue weighted by atomic mass is 15.1. The highest BCUT2D eigenvalue weighted by molar-refractivity contribution is 5.55. The lowest BCUT2D eigenvalue weighted by molar-refractivity contribution is 0.541. The number of hydrogen-bond donors (Lipinski definition) is 0. The molecule has 0 aliphatic carbocycles. The van der Waals surface area contributed by atoms with Crippen molar-refractivity contribution in [1.29, 1.82) is 0 Å². The molecule has 0 saturated heterocycles. The fourth-order valence-corrected chi connectivity index (χ4v) is 3.79. The zero-order chi connectivity index (χ0) is 17.2. The maximum Gasteiger partial charge on any atom is 0.0398 e. The van der Waals surface area contributed by atoms with Crippen LogP contribution in [0.3, 0.4) is 0 Å². The van der Waals surface area contributed by atoms with Crippen molar-refractivity contribution in [2.75, 3.05) is 18.0 Å². The molecule has 1 heterocycles. The van der Waals surface area contributed by atoms with Crippen LogP contribution in [0.1, 0.15) is 50.8 Å². The summed E-state index contributed by atoms with van der Waals surface area (Å²) in [5.74, 6) is 0.664. The van der Waals surface area contributed by atoms with E-state index in [1.807, 2.05) is 0 Å². The molecule has 0 spiro atoms. The molecule has 3 rings (SSSR count). The number of fused-ring (bicyclic) bond motifs is 1. The van der Waals surface area contributed by atoms with E-state index in [1.165, 1.54) is 41.8 Å². The van der Waals surface area contributed by atoms with Crippen LogP contribution in [0.5, 0.6) is 0 Å². The summed E-state index contributed by atoms with van der Waals surface area (Å²) < 4.78 is 0. The van der Waals surface area contributed by atoms with Crippen molar-refractivity contribution in [1.82, 2.24) is 0 Å². The standard InChI is InChI=1S/C23H31N/c1-18(16-19-11-13-21(14-12-19)23(2,3)4)17-24-15-7-9-20-8-5-6-10-22(20)24/h5-6,8,10-14,18H,7,9,15-17H2,1-4H3. The SMILES string of the molecule is CC(Cc1ccc(C(C)(C)C)cc1)CN1CCCc2ccccc21. The van der Waals surface area contributed by atoms with Crippen LogP contribution in [-0.4, -0.2) is 13.1 Å². The third-order valence-corrected chi connectivity index (χ3v) is 5.14. The normalized spacial score (nSPS) is 15.9. The Bertz CT molecular complexity index is 663. The number of hydrogen-bond acceptors (Lipinski definition) is 1. The fourth-order valence-electron chi connectivity index (χ4n) is 3.79. The van der Waals surface area contributed by atoms with Gasteiger partial charge >= 0.3 is 0 Å². The molecule has 1 unspecified atom stereocenters. The Balaban J connectivity index is 1.63. The third-order valence-electron chi connectivity index (χ3n) is 5.14. The monoisotopic (exact) mass is 321 g/mol. The van der Waals surface area contributed by atoms with Gasteiger partial charge in [0, 0.05) is 18.8 Å². The molecule has 0 aromatic heterocycles. The minimum atomic E-state index is 0.238. The smallest absolute Gasteiger partial charge is 0.0398 e. The summed E-state index contributed by atoms with van der Waals surface area (Å²) in [5.41, 5.74) is 6.09. The van der Waals surface area contributed by atoms with Gasteiger partial charge in [0.15, 0.2) is 0 Å². The van der Waals surface area contributed by atoms with E-state index in [9.17, 15) is 0 Å². The number of rotatable bonds is 4. The summed E-state index contributed by atoms with van der Waals surface area (Å²) in [6, 6.07) is 18.2. The average Bonchev–Trinajstić information content (AvgIpc) is 2.55. The van der Waals surface area contributed by atoms with E-state index in [0.29, 0.717) is 5.92 Å². The second-order valence-corrected chi connectivity index (χ2v) is 8.43. The fraction of sp³-hybridized carbons (Fsp3) is 0.478. The quantitative estimate of drug-likeness (QED) is 0.707. The van der Waals surface area contributed by atoms with Crippen LogP contribution in [0.25, 0.3) is 0 Å². The summed E-state index contributed by atoms with van der Waals surface area (Å²) in [5, 5.41) is 0. The van der Waals surface area contributed by atoms with Crippen LogP contribution < -0.4 is 4.90 Å². The molecule has 0 saturated carbocycles. The molecule has 1 aliphatic rings. The van der Waals surface area contributed by atoms with Crippen LogP contribution in [0.15, 0.2) is 48.5 Å². The number of nitrogens with zero attached hydrogens (tertiary/aromatic N) is 1. The van der Waals surface area contributed by atoms with Gasteiger partial charge in [0.2, 0.25) is 0 Å². The second kappa shape index (κ2) is 7.01. The molecule has 0 bridgehead atoms. The molecule has 2 aromatic carbocycles. The average molecular weight is 322 g/mol. The summed E-state index contributed by atoms with van der Waals surface area (Å²) in [6.07, 6.45) is 3.67. The highest BCUT2D eigenvalue weighted by Crippen LogP contribution is 2.28. The van der Waals surface area contributed by atoms with E-state index in [-0.39, 0.29) is 5.41 Å². The van der Waals surface area contributed by atoms with Gasteiger partial charge in [-0.25, -0.2) is 0 Å². The van der Waals surface area contributed by atoms with Crippen LogP contribution in [-0.2, 0) is 18.3 Å². The molecule has 0 N–H and O–H groups in total. The van der Waals surface area contributed by atoms with E-state index in [2.05, 4.69) is 81.1 Å². The molecular formula is C23H31N. The van der Waals surface area contributed by atoms with Gasteiger partial charge in [-0.1, -0.05) is 70.2 Å². The van der Waals surface area contributed by atoms with E-state index < -0.39 is 0 Å². The Labute approximate surface area is 147 Å². The lowest BCUT2D eigenvalue weighted by Gasteiger charge is -2.33. The molecule has 1 atom stereocenters. The van der Waals surface area contributed by atoms with E-state index in [1.54, 1.807) is 0 Å². The van der Waals surface area contributed by atoms with Gasteiger partial charge in [-0.3, -0.25) is 0 Å². The van der Waals surface area contributed by atoms with Crippen molar-refractivity contribution < 1.29 is 0 Å². The Morgan fingerprint density at radius 1 is 1.00 bits per heavy atom. The van der Waals surface area contributed by atoms with Gasteiger partial charge < -0.3 is 4.90 Å². The van der Waals surface area contributed by atoms with Crippen LogP contribution >= 0.6 is 0 Å². The minimum absolute atomic E-state index is 0.238. The molecule has 0 amide bonds.